The molecule has 9 rings (SSSR count). The molecule has 3 aliphatic heterocycles. The van der Waals surface area contributed by atoms with Crippen molar-refractivity contribution >= 4 is 63.5 Å². The maximum Gasteiger partial charge on any atom is 0.357 e. The molecule has 0 unspecified atom stereocenters. The number of hydrogen-bond acceptors (Lipinski definition) is 12. The Morgan fingerprint density at radius 1 is 0.815 bits per heavy atom. The topological polar surface area (TPSA) is 125 Å². The lowest BCUT2D eigenvalue weighted by atomic mass is 9.77. The molecular formula is C51H48N6O5S3. The van der Waals surface area contributed by atoms with E-state index in [4.69, 9.17) is 14.6 Å². The van der Waals surface area contributed by atoms with Crippen molar-refractivity contribution in [1.29, 1.82) is 0 Å². The summed E-state index contributed by atoms with van der Waals surface area (Å²) in [5.41, 5.74) is 4.17. The van der Waals surface area contributed by atoms with E-state index < -0.39 is 41.5 Å². The summed E-state index contributed by atoms with van der Waals surface area (Å²) in [6.07, 6.45) is 1.67. The van der Waals surface area contributed by atoms with Crippen LogP contribution in [0.15, 0.2) is 172 Å². The lowest BCUT2D eigenvalue weighted by Crippen LogP contribution is -2.73. The molecule has 6 aromatic rings. The predicted molar refractivity (Wildman–Crippen MR) is 259 cm³/mol. The standard InChI is InChI=1S/C51H48N6O5S3/c1-61-55-42(40-33-65-50(52-40)54-51(37-23-11-4-12-24-37,38-25-13-5-14-26-38)39-27-15-6-16-28-39)46(58)53-43-41-34-64-49(63-32-31-56-29-17-18-30-56)44(57(41)47(43)59)48(60)62-45(35-19-7-2-8-20-35)36-21-9-3-10-22-36/h2-16,19-28,33,41,43,45H,17-18,29-32,34H2,1H3,(H,52,54)(H,53,58)/t41-,43-/m1/s1. The van der Waals surface area contributed by atoms with E-state index in [1.54, 1.807) is 17.1 Å². The number of thiazole rings is 1. The van der Waals surface area contributed by atoms with Gasteiger partial charge in [-0.3, -0.25) is 14.5 Å². The smallest absolute Gasteiger partial charge is 0.357 e. The first-order chi connectivity index (χ1) is 31.9. The van der Waals surface area contributed by atoms with Crippen molar-refractivity contribution in [3.05, 3.63) is 200 Å². The second-order valence-corrected chi connectivity index (χ2v) is 19.1. The molecule has 4 heterocycles. The van der Waals surface area contributed by atoms with E-state index in [1.165, 1.54) is 48.0 Å². The molecule has 0 radical (unpaired) electrons. The number of anilines is 1. The maximum atomic E-state index is 14.6. The molecule has 1 aromatic heterocycles. The Bertz CT molecular complexity index is 2510. The number of likely N-dealkylation sites (tertiary alicyclic amines) is 1. The minimum atomic E-state index is -0.923. The van der Waals surface area contributed by atoms with Gasteiger partial charge < -0.3 is 25.1 Å². The second kappa shape index (κ2) is 20.3. The number of fused-ring (bicyclic) bond motifs is 1. The van der Waals surface area contributed by atoms with Crippen LogP contribution < -0.4 is 10.6 Å². The number of nitrogens with zero attached hydrogens (tertiary/aromatic N) is 4. The normalized spacial score (nSPS) is 17.7. The minimum absolute atomic E-state index is 0.0851. The molecule has 3 aliphatic rings. The van der Waals surface area contributed by atoms with Crippen LogP contribution in [0.1, 0.15) is 52.5 Å². The molecule has 2 atom stereocenters. The fourth-order valence-corrected chi connectivity index (χ4v) is 12.0. The number of nitrogens with one attached hydrogen (secondary N) is 2. The summed E-state index contributed by atoms with van der Waals surface area (Å²) in [6, 6.07) is 48.3. The number of aromatic nitrogens is 1. The number of ether oxygens (including phenoxy) is 1. The molecule has 11 nitrogen and oxygen atoms in total. The van der Waals surface area contributed by atoms with Gasteiger partial charge in [-0.1, -0.05) is 157 Å². The summed E-state index contributed by atoms with van der Waals surface area (Å²) in [5, 5.41) is 13.1. The quantitative estimate of drug-likeness (QED) is 0.0302. The molecule has 2 saturated heterocycles. The summed E-state index contributed by atoms with van der Waals surface area (Å²) in [5.74, 6) is -0.387. The largest absolute Gasteiger partial charge is 0.448 e. The lowest BCUT2D eigenvalue weighted by Gasteiger charge is -2.50. The number of hydrogen-bond donors (Lipinski definition) is 2. The van der Waals surface area contributed by atoms with E-state index >= 15 is 0 Å². The van der Waals surface area contributed by atoms with Crippen LogP contribution in [-0.2, 0) is 29.5 Å². The third-order valence-corrected chi connectivity index (χ3v) is 15.1. The Morgan fingerprint density at radius 2 is 1.35 bits per heavy atom. The van der Waals surface area contributed by atoms with Gasteiger partial charge >= 0.3 is 5.97 Å². The highest BCUT2D eigenvalue weighted by atomic mass is 32.2. The molecule has 2 amide bonds. The summed E-state index contributed by atoms with van der Waals surface area (Å²) >= 11 is 4.42. The Balaban J connectivity index is 0.968. The van der Waals surface area contributed by atoms with Gasteiger partial charge in [0.25, 0.3) is 11.8 Å². The maximum absolute atomic E-state index is 14.6. The van der Waals surface area contributed by atoms with Crippen molar-refractivity contribution in [2.45, 2.75) is 36.6 Å². The van der Waals surface area contributed by atoms with E-state index in [9.17, 15) is 14.4 Å². The first-order valence-corrected chi connectivity index (χ1v) is 24.5. The SMILES string of the molecule is CON=C(C(=O)N[C@H]1C(=O)N2C(C(=O)OC(c3ccccc3)c3ccccc3)=C(SCCN3CCCC3)SC[C@H]12)c1csc(NC(c2ccccc2)(c2ccccc2)c2ccccc2)n1. The van der Waals surface area contributed by atoms with E-state index in [0.29, 0.717) is 10.9 Å². The first-order valence-electron chi connectivity index (χ1n) is 21.6. The predicted octanol–water partition coefficient (Wildman–Crippen LogP) is 8.67. The van der Waals surface area contributed by atoms with Gasteiger partial charge in [0.1, 0.15) is 24.4 Å². The van der Waals surface area contributed by atoms with Crippen LogP contribution in [0.5, 0.6) is 0 Å². The van der Waals surface area contributed by atoms with Gasteiger partial charge in [0.2, 0.25) is 0 Å². The average molecular weight is 921 g/mol. The number of carbonyl (C=O) groups is 3. The fourth-order valence-electron chi connectivity index (χ4n) is 8.68. The van der Waals surface area contributed by atoms with Gasteiger partial charge in [0.05, 0.1) is 10.3 Å². The molecule has 5 aromatic carbocycles. The van der Waals surface area contributed by atoms with Crippen LogP contribution in [0.2, 0.25) is 0 Å². The van der Waals surface area contributed by atoms with Crippen LogP contribution in [0, 0.1) is 0 Å². The van der Waals surface area contributed by atoms with Crippen molar-refractivity contribution in [3.8, 4) is 0 Å². The van der Waals surface area contributed by atoms with Crippen LogP contribution in [0.25, 0.3) is 0 Å². The van der Waals surface area contributed by atoms with Gasteiger partial charge in [-0.2, -0.15) is 0 Å². The number of benzene rings is 5. The lowest BCUT2D eigenvalue weighted by molar-refractivity contribution is -0.156. The van der Waals surface area contributed by atoms with Crippen LogP contribution in [0.3, 0.4) is 0 Å². The molecule has 14 heteroatoms. The fraction of sp³-hybridized carbons (Fsp3) is 0.235. The van der Waals surface area contributed by atoms with Crippen LogP contribution in [0.4, 0.5) is 5.13 Å². The monoisotopic (exact) mass is 920 g/mol. The van der Waals surface area contributed by atoms with Crippen molar-refractivity contribution in [2.75, 3.05) is 43.6 Å². The van der Waals surface area contributed by atoms with Gasteiger partial charge in [-0.15, -0.1) is 34.9 Å². The summed E-state index contributed by atoms with van der Waals surface area (Å²) < 4.78 is 7.12. The molecule has 0 saturated carbocycles. The zero-order valence-corrected chi connectivity index (χ0v) is 38.2. The molecule has 2 N–H and O–H groups in total. The Kier molecular flexibility index (Phi) is 13.8. The molecule has 330 valence electrons. The number of amides is 2. The Hall–Kier alpha value is -6.19. The van der Waals surface area contributed by atoms with Crippen molar-refractivity contribution in [2.24, 2.45) is 5.16 Å². The third kappa shape index (κ3) is 9.35. The minimum Gasteiger partial charge on any atom is -0.448 e. The number of esters is 1. The third-order valence-electron chi connectivity index (χ3n) is 11.8. The highest BCUT2D eigenvalue weighted by Crippen LogP contribution is 2.45. The Morgan fingerprint density at radius 3 is 1.89 bits per heavy atom. The average Bonchev–Trinajstić information content (AvgIpc) is 4.07. The first kappa shape index (κ1) is 44.0. The van der Waals surface area contributed by atoms with Crippen molar-refractivity contribution in [3.63, 3.8) is 0 Å². The van der Waals surface area contributed by atoms with Gasteiger partial charge in [-0.25, -0.2) is 9.78 Å². The number of β-lactam (4-membered cyclic amide) rings is 1. The van der Waals surface area contributed by atoms with Crippen molar-refractivity contribution < 1.29 is 24.0 Å². The van der Waals surface area contributed by atoms with Gasteiger partial charge in [-0.05, 0) is 53.7 Å². The van der Waals surface area contributed by atoms with E-state index in [0.717, 1.165) is 57.4 Å². The zero-order chi connectivity index (χ0) is 44.6. The zero-order valence-electron chi connectivity index (χ0n) is 35.7. The van der Waals surface area contributed by atoms with Crippen LogP contribution >= 0.6 is 34.9 Å². The second-order valence-electron chi connectivity index (χ2n) is 15.8. The van der Waals surface area contributed by atoms with Gasteiger partial charge in [0.15, 0.2) is 22.6 Å². The molecule has 2 fully saturated rings. The highest BCUT2D eigenvalue weighted by Gasteiger charge is 2.55. The number of carbonyl (C=O) groups excluding carboxylic acids is 3. The molecule has 65 heavy (non-hydrogen) atoms. The van der Waals surface area contributed by atoms with Crippen molar-refractivity contribution in [1.82, 2.24) is 20.1 Å². The van der Waals surface area contributed by atoms with E-state index in [1.807, 2.05) is 115 Å². The summed E-state index contributed by atoms with van der Waals surface area (Å²) in [4.78, 5) is 57.2. The summed E-state index contributed by atoms with van der Waals surface area (Å²) in [6.45, 7) is 3.01. The van der Waals surface area contributed by atoms with Crippen LogP contribution in [-0.4, -0.2) is 88.6 Å². The number of rotatable bonds is 17. The molecule has 0 aliphatic carbocycles. The molecule has 0 spiro atoms. The van der Waals surface area contributed by atoms with E-state index in [2.05, 4.69) is 57.1 Å². The summed E-state index contributed by atoms with van der Waals surface area (Å²) in [7, 11) is 1.36. The van der Waals surface area contributed by atoms with Gasteiger partial charge in [0, 0.05) is 23.4 Å². The molecular weight excluding hydrogens is 873 g/mol. The number of thioether (sulfide) groups is 2. The highest BCUT2D eigenvalue weighted by molar-refractivity contribution is 8.22. The number of oxime groups is 1. The molecule has 0 bridgehead atoms. The Labute approximate surface area is 391 Å². The van der Waals surface area contributed by atoms with E-state index in [-0.39, 0.29) is 17.1 Å².